The SMILES string of the molecule is NC(=O)[C@H](O)C[C@H]1CCc2sc3ncnc(O[C@H]4CC[C@H](N5CCNCC5)CC4)c3c21. The number of hydrogen-bond acceptors (Lipinski definition) is 8. The Morgan fingerprint density at radius 3 is 2.77 bits per heavy atom. The molecule has 2 fully saturated rings. The number of rotatable bonds is 6. The first-order valence-corrected chi connectivity index (χ1v) is 12.3. The van der Waals surface area contributed by atoms with E-state index in [1.165, 1.54) is 4.88 Å². The monoisotopic (exact) mass is 445 g/mol. The molecule has 2 aliphatic carbocycles. The second kappa shape index (κ2) is 8.97. The lowest BCUT2D eigenvalue weighted by Gasteiger charge is -2.39. The summed E-state index contributed by atoms with van der Waals surface area (Å²) in [5, 5.41) is 14.5. The molecule has 1 saturated heterocycles. The fourth-order valence-electron chi connectivity index (χ4n) is 5.48. The average molecular weight is 446 g/mol. The van der Waals surface area contributed by atoms with Gasteiger partial charge in [-0.3, -0.25) is 9.69 Å². The van der Waals surface area contributed by atoms with Gasteiger partial charge in [-0.2, -0.15) is 0 Å². The number of ether oxygens (including phenoxy) is 1. The predicted molar refractivity (Wildman–Crippen MR) is 119 cm³/mol. The molecule has 0 aromatic carbocycles. The maximum Gasteiger partial charge on any atom is 0.246 e. The van der Waals surface area contributed by atoms with E-state index in [1.54, 1.807) is 17.7 Å². The van der Waals surface area contributed by atoms with Gasteiger partial charge in [-0.25, -0.2) is 9.97 Å². The van der Waals surface area contributed by atoms with Crippen LogP contribution in [0.2, 0.25) is 0 Å². The molecule has 3 heterocycles. The number of carbonyl (C=O) groups is 1. The minimum atomic E-state index is -1.12. The minimum Gasteiger partial charge on any atom is -0.474 e. The van der Waals surface area contributed by atoms with Gasteiger partial charge in [0, 0.05) is 37.1 Å². The van der Waals surface area contributed by atoms with E-state index in [0.29, 0.717) is 18.3 Å². The Balaban J connectivity index is 1.31. The fraction of sp³-hybridized carbons (Fsp3) is 0.682. The molecule has 1 amide bonds. The zero-order valence-electron chi connectivity index (χ0n) is 17.8. The van der Waals surface area contributed by atoms with Crippen molar-refractivity contribution in [2.24, 2.45) is 5.73 Å². The highest BCUT2D eigenvalue weighted by Crippen LogP contribution is 2.47. The summed E-state index contributed by atoms with van der Waals surface area (Å²) in [6, 6.07) is 0.664. The number of nitrogens with one attached hydrogen (secondary N) is 1. The molecule has 31 heavy (non-hydrogen) atoms. The summed E-state index contributed by atoms with van der Waals surface area (Å²) in [6.07, 6.45) is 7.22. The topological polar surface area (TPSA) is 114 Å². The van der Waals surface area contributed by atoms with Crippen LogP contribution in [-0.4, -0.2) is 70.3 Å². The van der Waals surface area contributed by atoms with Crippen LogP contribution in [0.5, 0.6) is 5.88 Å². The maximum absolute atomic E-state index is 11.4. The van der Waals surface area contributed by atoms with Crippen molar-refractivity contribution >= 4 is 27.5 Å². The predicted octanol–water partition coefficient (Wildman–Crippen LogP) is 1.55. The largest absolute Gasteiger partial charge is 0.474 e. The van der Waals surface area contributed by atoms with Crippen molar-refractivity contribution in [2.45, 2.75) is 69.1 Å². The summed E-state index contributed by atoms with van der Waals surface area (Å²) in [7, 11) is 0. The van der Waals surface area contributed by atoms with Gasteiger partial charge in [0.05, 0.1) is 5.39 Å². The lowest BCUT2D eigenvalue weighted by Crippen LogP contribution is -2.50. The highest BCUT2D eigenvalue weighted by Gasteiger charge is 2.34. The third-order valence-electron chi connectivity index (χ3n) is 7.12. The van der Waals surface area contributed by atoms with Gasteiger partial charge < -0.3 is 20.9 Å². The molecule has 1 aliphatic heterocycles. The first-order chi connectivity index (χ1) is 15.1. The number of aromatic nitrogens is 2. The molecule has 2 aromatic heterocycles. The number of amides is 1. The molecule has 3 aliphatic rings. The fourth-order valence-corrected chi connectivity index (χ4v) is 6.72. The van der Waals surface area contributed by atoms with Crippen molar-refractivity contribution in [3.63, 3.8) is 0 Å². The lowest BCUT2D eigenvalue weighted by molar-refractivity contribution is -0.126. The number of aliphatic hydroxyl groups excluding tert-OH is 1. The Morgan fingerprint density at radius 1 is 1.26 bits per heavy atom. The molecule has 0 radical (unpaired) electrons. The third-order valence-corrected chi connectivity index (χ3v) is 8.29. The van der Waals surface area contributed by atoms with Gasteiger partial charge in [0.25, 0.3) is 0 Å². The number of fused-ring (bicyclic) bond motifs is 3. The summed E-state index contributed by atoms with van der Waals surface area (Å²) in [5.74, 6) is 0.0820. The van der Waals surface area contributed by atoms with E-state index in [4.69, 9.17) is 10.5 Å². The summed E-state index contributed by atoms with van der Waals surface area (Å²) in [6.45, 7) is 4.46. The Bertz CT molecular complexity index is 937. The quantitative estimate of drug-likeness (QED) is 0.618. The zero-order chi connectivity index (χ0) is 21.4. The molecule has 8 nitrogen and oxygen atoms in total. The van der Waals surface area contributed by atoms with Crippen molar-refractivity contribution in [1.82, 2.24) is 20.2 Å². The van der Waals surface area contributed by atoms with Gasteiger partial charge in [-0.05, 0) is 56.4 Å². The minimum absolute atomic E-state index is 0.0862. The Morgan fingerprint density at radius 2 is 2.03 bits per heavy atom. The van der Waals surface area contributed by atoms with E-state index in [-0.39, 0.29) is 12.0 Å². The van der Waals surface area contributed by atoms with Crippen LogP contribution in [0.15, 0.2) is 6.33 Å². The molecule has 2 aromatic rings. The second-order valence-corrected chi connectivity index (χ2v) is 10.1. The van der Waals surface area contributed by atoms with Gasteiger partial charge in [0.15, 0.2) is 0 Å². The zero-order valence-corrected chi connectivity index (χ0v) is 18.6. The Labute approximate surface area is 186 Å². The van der Waals surface area contributed by atoms with Gasteiger partial charge in [0.2, 0.25) is 11.8 Å². The van der Waals surface area contributed by atoms with Gasteiger partial charge in [-0.15, -0.1) is 11.3 Å². The normalized spacial score (nSPS) is 27.8. The second-order valence-electron chi connectivity index (χ2n) is 9.02. The van der Waals surface area contributed by atoms with Crippen LogP contribution in [-0.2, 0) is 11.2 Å². The Hall–Kier alpha value is -1.81. The first kappa shape index (κ1) is 21.1. The van der Waals surface area contributed by atoms with Gasteiger partial charge in [-0.1, -0.05) is 0 Å². The van der Waals surface area contributed by atoms with E-state index < -0.39 is 12.0 Å². The van der Waals surface area contributed by atoms with Gasteiger partial charge in [0.1, 0.15) is 23.4 Å². The molecule has 9 heteroatoms. The van der Waals surface area contributed by atoms with Crippen molar-refractivity contribution in [2.75, 3.05) is 26.2 Å². The molecule has 168 valence electrons. The number of aliphatic hydroxyl groups is 1. The Kier molecular flexibility index (Phi) is 6.10. The van der Waals surface area contributed by atoms with Crippen molar-refractivity contribution in [3.05, 3.63) is 16.8 Å². The molecular weight excluding hydrogens is 414 g/mol. The van der Waals surface area contributed by atoms with Crippen LogP contribution in [0.1, 0.15) is 54.9 Å². The van der Waals surface area contributed by atoms with Crippen LogP contribution < -0.4 is 15.8 Å². The van der Waals surface area contributed by atoms with Gasteiger partial charge >= 0.3 is 0 Å². The van der Waals surface area contributed by atoms with Crippen LogP contribution in [0, 0.1) is 0 Å². The maximum atomic E-state index is 11.4. The molecular formula is C22H31N5O3S. The molecule has 0 unspecified atom stereocenters. The van der Waals surface area contributed by atoms with E-state index >= 15 is 0 Å². The standard InChI is InChI=1S/C22H31N5O3S/c23-20(29)16(28)11-13-1-6-17-18(13)19-21(25-12-26-22(19)31-17)30-15-4-2-14(3-5-15)27-9-7-24-8-10-27/h12-16,24,28H,1-11H2,(H2,23,29)/t13-,14-,15-,16-/m1/s1. The summed E-state index contributed by atoms with van der Waals surface area (Å²) in [4.78, 5) is 25.2. The van der Waals surface area contributed by atoms with E-state index in [0.717, 1.165) is 80.5 Å². The number of piperazine rings is 1. The van der Waals surface area contributed by atoms with Crippen LogP contribution in [0.25, 0.3) is 10.2 Å². The van der Waals surface area contributed by atoms with Crippen molar-refractivity contribution in [1.29, 1.82) is 0 Å². The van der Waals surface area contributed by atoms with Crippen LogP contribution in [0.4, 0.5) is 0 Å². The molecule has 0 bridgehead atoms. The number of nitrogens with zero attached hydrogens (tertiary/aromatic N) is 3. The highest BCUT2D eigenvalue weighted by atomic mass is 32.1. The van der Waals surface area contributed by atoms with Crippen molar-refractivity contribution < 1.29 is 14.6 Å². The number of carbonyl (C=O) groups excluding carboxylic acids is 1. The lowest BCUT2D eigenvalue weighted by atomic mass is 9.91. The molecule has 1 saturated carbocycles. The number of aryl methyl sites for hydroxylation is 1. The first-order valence-electron chi connectivity index (χ1n) is 11.4. The van der Waals surface area contributed by atoms with E-state index in [1.807, 2.05) is 0 Å². The van der Waals surface area contributed by atoms with Crippen LogP contribution >= 0.6 is 11.3 Å². The van der Waals surface area contributed by atoms with Crippen molar-refractivity contribution in [3.8, 4) is 5.88 Å². The van der Waals surface area contributed by atoms with E-state index in [9.17, 15) is 9.90 Å². The van der Waals surface area contributed by atoms with E-state index in [2.05, 4.69) is 20.2 Å². The number of hydrogen-bond donors (Lipinski definition) is 3. The highest BCUT2D eigenvalue weighted by molar-refractivity contribution is 7.19. The number of thiophene rings is 1. The summed E-state index contributed by atoms with van der Waals surface area (Å²) in [5.41, 5.74) is 6.46. The molecule has 5 rings (SSSR count). The molecule has 2 atom stereocenters. The average Bonchev–Trinajstić information content (AvgIpc) is 3.35. The van der Waals surface area contributed by atoms with Crippen LogP contribution in [0.3, 0.4) is 0 Å². The molecule has 0 spiro atoms. The number of primary amides is 1. The molecule has 4 N–H and O–H groups in total. The summed E-state index contributed by atoms with van der Waals surface area (Å²) < 4.78 is 6.46. The smallest absolute Gasteiger partial charge is 0.246 e. The number of nitrogens with two attached hydrogens (primary N) is 1. The summed E-state index contributed by atoms with van der Waals surface area (Å²) >= 11 is 1.68. The third kappa shape index (κ3) is 4.28.